The molecule has 1 aliphatic carbocycles. The van der Waals surface area contributed by atoms with Gasteiger partial charge in [-0.2, -0.15) is 0 Å². The number of hydrogen-bond acceptors (Lipinski definition) is 5. The molecule has 1 rings (SSSR count). The van der Waals surface area contributed by atoms with Crippen molar-refractivity contribution in [3.63, 3.8) is 0 Å². The third-order valence-corrected chi connectivity index (χ3v) is 6.79. The summed E-state index contributed by atoms with van der Waals surface area (Å²) in [5, 5.41) is -0.872. The van der Waals surface area contributed by atoms with Gasteiger partial charge in [0.15, 0.2) is 14.9 Å². The van der Waals surface area contributed by atoms with Gasteiger partial charge in [0.25, 0.3) is 0 Å². The zero-order valence-corrected chi connectivity index (χ0v) is 12.3. The van der Waals surface area contributed by atoms with Crippen LogP contribution in [0.15, 0.2) is 0 Å². The first-order chi connectivity index (χ1) is 8.23. The van der Waals surface area contributed by atoms with Crippen molar-refractivity contribution in [2.24, 2.45) is 11.7 Å². The molecule has 0 bridgehead atoms. The Morgan fingerprint density at radius 2 is 1.72 bits per heavy atom. The quantitative estimate of drug-likeness (QED) is 0.707. The Hall–Kier alpha value is -0.180. The molecule has 0 spiro atoms. The van der Waals surface area contributed by atoms with Crippen LogP contribution in [0.5, 0.6) is 0 Å². The highest BCUT2D eigenvalue weighted by molar-refractivity contribution is 8.06. The van der Waals surface area contributed by atoms with E-state index < -0.39 is 24.9 Å². The first kappa shape index (κ1) is 15.9. The van der Waals surface area contributed by atoms with Crippen LogP contribution in [0.25, 0.3) is 0 Å². The third kappa shape index (κ3) is 5.64. The van der Waals surface area contributed by atoms with Crippen LogP contribution in [0.1, 0.15) is 32.1 Å². The highest BCUT2D eigenvalue weighted by atomic mass is 32.3. The summed E-state index contributed by atoms with van der Waals surface area (Å²) in [6, 6.07) is -0.350. The number of nitrogens with two attached hydrogens (primary N) is 1. The first-order valence-electron chi connectivity index (χ1n) is 6.11. The summed E-state index contributed by atoms with van der Waals surface area (Å²) in [7, 11) is -7.38. The lowest BCUT2D eigenvalue weighted by molar-refractivity contribution is 0.294. The van der Waals surface area contributed by atoms with Gasteiger partial charge >= 0.3 is 0 Å². The predicted molar refractivity (Wildman–Crippen MR) is 71.2 cm³/mol. The molecule has 3 N–H and O–H groups in total. The number of nitrogens with one attached hydrogen (secondary N) is 1. The molecule has 1 atom stereocenters. The molecule has 0 aliphatic heterocycles. The molecule has 1 unspecified atom stereocenters. The summed E-state index contributed by atoms with van der Waals surface area (Å²) in [6.07, 6.45) is 6.13. The van der Waals surface area contributed by atoms with Crippen molar-refractivity contribution in [3.05, 3.63) is 0 Å². The molecule has 0 aromatic carbocycles. The summed E-state index contributed by atoms with van der Waals surface area (Å²) in [4.78, 5) is 0. The van der Waals surface area contributed by atoms with E-state index in [0.717, 1.165) is 31.9 Å². The zero-order valence-electron chi connectivity index (χ0n) is 10.6. The minimum atomic E-state index is -3.82. The van der Waals surface area contributed by atoms with Gasteiger partial charge in [-0.15, -0.1) is 0 Å². The second kappa shape index (κ2) is 6.31. The van der Waals surface area contributed by atoms with Crippen molar-refractivity contribution >= 4 is 19.9 Å². The number of sulfone groups is 1. The Morgan fingerprint density at radius 3 is 2.17 bits per heavy atom. The number of hydrogen-bond donors (Lipinski definition) is 2. The topological polar surface area (TPSA) is 106 Å². The molecule has 1 saturated carbocycles. The van der Waals surface area contributed by atoms with Gasteiger partial charge in [-0.3, -0.25) is 0 Å². The minimum absolute atomic E-state index is 0.202. The smallest absolute Gasteiger partial charge is 0.226 e. The van der Waals surface area contributed by atoms with Crippen molar-refractivity contribution in [2.45, 2.75) is 38.1 Å². The van der Waals surface area contributed by atoms with Crippen LogP contribution in [0.4, 0.5) is 0 Å². The molecule has 1 fully saturated rings. The molecule has 0 radical (unpaired) electrons. The van der Waals surface area contributed by atoms with Crippen LogP contribution in [0, 0.1) is 5.92 Å². The van der Waals surface area contributed by atoms with Crippen molar-refractivity contribution in [1.82, 2.24) is 4.72 Å². The van der Waals surface area contributed by atoms with Crippen molar-refractivity contribution in [1.29, 1.82) is 0 Å². The Balaban J connectivity index is 2.67. The molecule has 1 aliphatic rings. The van der Waals surface area contributed by atoms with Crippen LogP contribution >= 0.6 is 0 Å². The molecule has 0 heterocycles. The van der Waals surface area contributed by atoms with E-state index >= 15 is 0 Å². The van der Waals surface area contributed by atoms with Gasteiger partial charge < -0.3 is 5.73 Å². The van der Waals surface area contributed by atoms with Gasteiger partial charge in [-0.25, -0.2) is 21.6 Å². The van der Waals surface area contributed by atoms with Gasteiger partial charge in [-0.1, -0.05) is 19.3 Å². The fraction of sp³-hybridized carbons (Fsp3) is 1.00. The largest absolute Gasteiger partial charge is 0.329 e. The molecule has 0 saturated heterocycles. The van der Waals surface area contributed by atoms with Crippen molar-refractivity contribution in [2.75, 3.05) is 17.9 Å². The second-order valence-electron chi connectivity index (χ2n) is 5.02. The van der Waals surface area contributed by atoms with Crippen LogP contribution < -0.4 is 10.5 Å². The lowest BCUT2D eigenvalue weighted by atomic mass is 9.84. The monoisotopic (exact) mass is 298 g/mol. The highest BCUT2D eigenvalue weighted by Crippen LogP contribution is 2.26. The number of sulfonamides is 1. The van der Waals surface area contributed by atoms with E-state index in [-0.39, 0.29) is 18.5 Å². The van der Waals surface area contributed by atoms with E-state index in [1.807, 2.05) is 0 Å². The highest BCUT2D eigenvalue weighted by Gasteiger charge is 2.28. The average molecular weight is 298 g/mol. The lowest BCUT2D eigenvalue weighted by Gasteiger charge is -2.29. The maximum atomic E-state index is 11.7. The fourth-order valence-electron chi connectivity index (χ4n) is 2.42. The molecule has 6 nitrogen and oxygen atoms in total. The van der Waals surface area contributed by atoms with Gasteiger partial charge in [-0.05, 0) is 18.8 Å². The van der Waals surface area contributed by atoms with Gasteiger partial charge in [0.2, 0.25) is 10.0 Å². The fourth-order valence-corrected chi connectivity index (χ4v) is 5.70. The van der Waals surface area contributed by atoms with Crippen LogP contribution in [0.3, 0.4) is 0 Å². The molecular formula is C10H22N2O4S2. The molecule has 18 heavy (non-hydrogen) atoms. The molecule has 0 amide bonds. The number of rotatable bonds is 6. The van der Waals surface area contributed by atoms with Crippen LogP contribution in [-0.4, -0.2) is 40.8 Å². The Bertz CT molecular complexity index is 452. The van der Waals surface area contributed by atoms with Crippen LogP contribution in [-0.2, 0) is 19.9 Å². The summed E-state index contributed by atoms with van der Waals surface area (Å²) in [5.41, 5.74) is 5.60. The van der Waals surface area contributed by atoms with Crippen LogP contribution in [0.2, 0.25) is 0 Å². The summed E-state index contributed by atoms with van der Waals surface area (Å²) in [6.45, 7) is 0.202. The molecular weight excluding hydrogens is 276 g/mol. The van der Waals surface area contributed by atoms with E-state index in [1.165, 1.54) is 6.42 Å². The van der Waals surface area contributed by atoms with E-state index in [9.17, 15) is 16.8 Å². The Labute approximate surface area is 109 Å². The summed E-state index contributed by atoms with van der Waals surface area (Å²) >= 11 is 0. The maximum Gasteiger partial charge on any atom is 0.226 e. The molecule has 0 aromatic heterocycles. The van der Waals surface area contributed by atoms with Gasteiger partial charge in [0.1, 0.15) is 0 Å². The normalized spacial score (nSPS) is 20.8. The van der Waals surface area contributed by atoms with Crippen molar-refractivity contribution in [3.8, 4) is 0 Å². The van der Waals surface area contributed by atoms with E-state index in [0.29, 0.717) is 0 Å². The maximum absolute atomic E-state index is 11.7. The Morgan fingerprint density at radius 1 is 1.17 bits per heavy atom. The SMILES string of the molecule is CS(=O)(=O)CS(=O)(=O)NC(CN)C1CCCCC1. The van der Waals surface area contributed by atoms with E-state index in [2.05, 4.69) is 4.72 Å². The average Bonchev–Trinajstić information content (AvgIpc) is 2.24. The molecule has 108 valence electrons. The molecule has 0 aromatic rings. The predicted octanol–water partition coefficient (Wildman–Crippen LogP) is -0.184. The lowest BCUT2D eigenvalue weighted by Crippen LogP contribution is -2.47. The van der Waals surface area contributed by atoms with E-state index in [4.69, 9.17) is 5.73 Å². The van der Waals surface area contributed by atoms with Gasteiger partial charge in [0.05, 0.1) is 0 Å². The zero-order chi connectivity index (χ0) is 13.8. The van der Waals surface area contributed by atoms with Gasteiger partial charge in [0, 0.05) is 18.8 Å². The summed E-state index contributed by atoms with van der Waals surface area (Å²) in [5.74, 6) is 0.220. The summed E-state index contributed by atoms with van der Waals surface area (Å²) < 4.78 is 47.9. The minimum Gasteiger partial charge on any atom is -0.329 e. The molecule has 8 heteroatoms. The second-order valence-corrected chi connectivity index (χ2v) is 9.28. The Kier molecular flexibility index (Phi) is 5.57. The van der Waals surface area contributed by atoms with E-state index in [1.54, 1.807) is 0 Å². The van der Waals surface area contributed by atoms with Crippen molar-refractivity contribution < 1.29 is 16.8 Å². The third-order valence-electron chi connectivity index (χ3n) is 3.17. The standard InChI is InChI=1S/C10H22N2O4S2/c1-17(13,14)8-18(15,16)12-10(7-11)9-5-3-2-4-6-9/h9-10,12H,2-8,11H2,1H3. The first-order valence-corrected chi connectivity index (χ1v) is 9.82.